The molecular weight excluding hydrogens is 400 g/mol. The van der Waals surface area contributed by atoms with Crippen molar-refractivity contribution in [1.82, 2.24) is 29.6 Å². The molecule has 3 aliphatic rings. The number of benzene rings is 1. The van der Waals surface area contributed by atoms with E-state index in [1.165, 1.54) is 24.9 Å². The van der Waals surface area contributed by atoms with Crippen LogP contribution in [0.2, 0.25) is 0 Å². The zero-order chi connectivity index (χ0) is 19.9. The van der Waals surface area contributed by atoms with E-state index in [0.29, 0.717) is 18.4 Å². The first-order chi connectivity index (χ1) is 14.8. The molecule has 6 rings (SSSR count). The number of aliphatic imine (C=N–C) groups is 1. The SMILES string of the molecule is C1=C[N+]2C(Nc3cc(C4CC4)[nH]n3)=CN(Sc3ccc(-c4nnco4)cc3)CC2=N1. The lowest BCUT2D eigenvalue weighted by Gasteiger charge is -2.24. The quantitative estimate of drug-likeness (QED) is 0.466. The summed E-state index contributed by atoms with van der Waals surface area (Å²) in [5.74, 6) is 3.85. The van der Waals surface area contributed by atoms with Crippen LogP contribution in [0.25, 0.3) is 11.5 Å². The number of hydrogen-bond donors (Lipinski definition) is 2. The van der Waals surface area contributed by atoms with Crippen molar-refractivity contribution >= 4 is 23.6 Å². The highest BCUT2D eigenvalue weighted by atomic mass is 32.2. The summed E-state index contributed by atoms with van der Waals surface area (Å²) < 4.78 is 7.41. The van der Waals surface area contributed by atoms with Gasteiger partial charge in [0.2, 0.25) is 12.3 Å². The van der Waals surface area contributed by atoms with Gasteiger partial charge in [-0.05, 0) is 54.0 Å². The molecule has 1 aromatic carbocycles. The van der Waals surface area contributed by atoms with Crippen molar-refractivity contribution in [3.8, 4) is 11.5 Å². The van der Waals surface area contributed by atoms with Gasteiger partial charge < -0.3 is 4.42 Å². The van der Waals surface area contributed by atoms with Gasteiger partial charge in [0.25, 0.3) is 11.7 Å². The maximum atomic E-state index is 5.25. The minimum absolute atomic E-state index is 0.516. The van der Waals surface area contributed by atoms with Gasteiger partial charge in [0, 0.05) is 28.1 Å². The molecule has 10 heteroatoms. The number of aromatic nitrogens is 4. The average Bonchev–Trinajstić information content (AvgIpc) is 3.16. The van der Waals surface area contributed by atoms with Crippen LogP contribution in [0.4, 0.5) is 5.82 Å². The molecule has 0 spiro atoms. The Kier molecular flexibility index (Phi) is 4.17. The molecule has 0 saturated heterocycles. The summed E-state index contributed by atoms with van der Waals surface area (Å²) in [4.78, 5) is 7.66. The van der Waals surface area contributed by atoms with Crippen LogP contribution >= 0.6 is 11.9 Å². The highest BCUT2D eigenvalue weighted by Gasteiger charge is 2.37. The van der Waals surface area contributed by atoms with Crippen molar-refractivity contribution in [2.75, 3.05) is 11.9 Å². The molecule has 1 fully saturated rings. The van der Waals surface area contributed by atoms with Crippen LogP contribution in [-0.2, 0) is 0 Å². The van der Waals surface area contributed by atoms with Gasteiger partial charge in [0.05, 0.1) is 12.4 Å². The van der Waals surface area contributed by atoms with Gasteiger partial charge in [-0.3, -0.25) is 14.7 Å². The molecule has 4 heterocycles. The Labute approximate surface area is 176 Å². The molecule has 2 aliphatic heterocycles. The largest absolute Gasteiger partial charge is 0.423 e. The third-order valence-electron chi connectivity index (χ3n) is 5.10. The van der Waals surface area contributed by atoms with Gasteiger partial charge in [-0.1, -0.05) is 0 Å². The average molecular weight is 418 g/mol. The second-order valence-electron chi connectivity index (χ2n) is 7.27. The number of amidine groups is 1. The van der Waals surface area contributed by atoms with Gasteiger partial charge in [-0.15, -0.1) is 10.2 Å². The van der Waals surface area contributed by atoms with Crippen molar-refractivity contribution < 1.29 is 4.42 Å². The molecule has 2 aromatic heterocycles. The summed E-state index contributed by atoms with van der Waals surface area (Å²) in [6.45, 7) is 0.697. The topological polar surface area (TPSA) is 101 Å². The van der Waals surface area contributed by atoms with Gasteiger partial charge >= 0.3 is 0 Å². The van der Waals surface area contributed by atoms with E-state index in [-0.39, 0.29) is 0 Å². The van der Waals surface area contributed by atoms with Crippen LogP contribution in [0.3, 0.4) is 0 Å². The van der Waals surface area contributed by atoms with E-state index in [9.17, 15) is 0 Å². The van der Waals surface area contributed by atoms with Crippen LogP contribution in [0.15, 0.2) is 75.5 Å². The maximum absolute atomic E-state index is 5.25. The van der Waals surface area contributed by atoms with E-state index in [1.54, 1.807) is 11.9 Å². The second kappa shape index (κ2) is 7.15. The molecule has 30 heavy (non-hydrogen) atoms. The van der Waals surface area contributed by atoms with Gasteiger partial charge in [-0.25, -0.2) is 0 Å². The lowest BCUT2D eigenvalue weighted by molar-refractivity contribution is 0.568. The van der Waals surface area contributed by atoms with Crippen molar-refractivity contribution in [1.29, 1.82) is 0 Å². The smallest absolute Gasteiger partial charge is 0.285 e. The molecule has 0 unspecified atom stereocenters. The van der Waals surface area contributed by atoms with Gasteiger partial charge in [0.1, 0.15) is 6.54 Å². The Hall–Kier alpha value is -3.37. The zero-order valence-electron chi connectivity index (χ0n) is 15.9. The van der Waals surface area contributed by atoms with Crippen LogP contribution in [-0.4, -0.2) is 37.1 Å². The lowest BCUT2D eigenvalue weighted by atomic mass is 10.2. The molecule has 1 aliphatic carbocycles. The number of hydrogen-bond acceptors (Lipinski definition) is 9. The van der Waals surface area contributed by atoms with Gasteiger partial charge in [0.15, 0.2) is 12.0 Å². The molecular formula is C20H18N8OS+. The Bertz CT molecular complexity index is 1140. The molecule has 0 amide bonds. The van der Waals surface area contributed by atoms with Crippen LogP contribution < -0.4 is 10.2 Å². The lowest BCUT2D eigenvalue weighted by Crippen LogP contribution is -2.42. The number of rotatable bonds is 6. The molecule has 1 radical (unpaired) electrons. The third-order valence-corrected chi connectivity index (χ3v) is 6.05. The summed E-state index contributed by atoms with van der Waals surface area (Å²) in [5.41, 5.74) is 2.10. The van der Waals surface area contributed by atoms with Crippen molar-refractivity contribution in [2.24, 2.45) is 4.99 Å². The predicted molar refractivity (Wildman–Crippen MR) is 113 cm³/mol. The highest BCUT2D eigenvalue weighted by Crippen LogP contribution is 2.39. The Morgan fingerprint density at radius 2 is 2.13 bits per heavy atom. The number of anilines is 1. The predicted octanol–water partition coefficient (Wildman–Crippen LogP) is 3.59. The minimum Gasteiger partial charge on any atom is -0.423 e. The van der Waals surface area contributed by atoms with E-state index in [0.717, 1.165) is 27.9 Å². The zero-order valence-corrected chi connectivity index (χ0v) is 16.7. The fourth-order valence-corrected chi connectivity index (χ4v) is 4.29. The summed E-state index contributed by atoms with van der Waals surface area (Å²) in [7, 11) is 0. The third kappa shape index (κ3) is 3.40. The molecule has 0 bridgehead atoms. The van der Waals surface area contributed by atoms with Crippen molar-refractivity contribution in [3.63, 3.8) is 0 Å². The Balaban J connectivity index is 1.21. The van der Waals surface area contributed by atoms with Crippen molar-refractivity contribution in [3.05, 3.63) is 66.8 Å². The molecule has 3 aromatic rings. The molecule has 1 saturated carbocycles. The molecule has 2 N–H and O–H groups in total. The fraction of sp³-hybridized carbons (Fsp3) is 0.200. The summed E-state index contributed by atoms with van der Waals surface area (Å²) >= 11 is 1.64. The first-order valence-electron chi connectivity index (χ1n) is 9.70. The monoisotopic (exact) mass is 418 g/mol. The van der Waals surface area contributed by atoms with E-state index in [4.69, 9.17) is 4.42 Å². The first-order valence-corrected chi connectivity index (χ1v) is 10.5. The molecule has 0 atom stereocenters. The normalized spacial score (nSPS) is 18.3. The summed E-state index contributed by atoms with van der Waals surface area (Å²) in [5, 5.41) is 18.7. The van der Waals surface area contributed by atoms with Crippen LogP contribution in [0.5, 0.6) is 0 Å². The number of nitrogens with one attached hydrogen (secondary N) is 2. The van der Waals surface area contributed by atoms with Crippen LogP contribution in [0.1, 0.15) is 24.5 Å². The van der Waals surface area contributed by atoms with Crippen molar-refractivity contribution in [2.45, 2.75) is 23.7 Å². The molecule has 149 valence electrons. The van der Waals surface area contributed by atoms with E-state index >= 15 is 0 Å². The van der Waals surface area contributed by atoms with Crippen LogP contribution in [0, 0.1) is 0 Å². The Morgan fingerprint density at radius 3 is 2.93 bits per heavy atom. The highest BCUT2D eigenvalue weighted by molar-refractivity contribution is 7.97. The van der Waals surface area contributed by atoms with E-state index in [1.807, 2.05) is 36.7 Å². The Morgan fingerprint density at radius 1 is 1.23 bits per heavy atom. The summed E-state index contributed by atoms with van der Waals surface area (Å²) in [6, 6.07) is 10.1. The number of fused-ring (bicyclic) bond motifs is 1. The fourth-order valence-electron chi connectivity index (χ4n) is 3.43. The number of nitrogens with zero attached hydrogens (tertiary/aromatic N) is 6. The maximum Gasteiger partial charge on any atom is 0.285 e. The number of H-pyrrole nitrogens is 1. The van der Waals surface area contributed by atoms with Gasteiger partial charge in [-0.2, -0.15) is 10.1 Å². The minimum atomic E-state index is 0.516. The number of aromatic amines is 1. The van der Waals surface area contributed by atoms with E-state index in [2.05, 4.69) is 52.2 Å². The standard InChI is InChI=1S/C20H18N8OS/c1-2-13(1)16-9-17(25-24-16)23-19-11-27(10-18-21-7-8-28(18)19)30-15-5-3-14(4-6-15)20-26-22-12-29-20/h3-9,11-13H,1-2,10H2,(H2,23,24,25)/q+1. The second-order valence-corrected chi connectivity index (χ2v) is 8.39. The first kappa shape index (κ1) is 17.5. The van der Waals surface area contributed by atoms with E-state index < -0.39 is 0 Å². The molecule has 9 nitrogen and oxygen atoms in total. The summed E-state index contributed by atoms with van der Waals surface area (Å²) in [6.07, 6.45) is 9.68.